The molecule has 0 aromatic heterocycles. The van der Waals surface area contributed by atoms with Gasteiger partial charge in [-0.25, -0.2) is 0 Å². The van der Waals surface area contributed by atoms with Crippen molar-refractivity contribution in [1.29, 1.82) is 0 Å². The normalized spacial score (nSPS) is 10.4. The second-order valence-electron chi connectivity index (χ2n) is 3.65. The lowest BCUT2D eigenvalue weighted by molar-refractivity contribution is 0.415. The Kier molecular flexibility index (Phi) is 4.28. The quantitative estimate of drug-likeness (QED) is 0.731. The van der Waals surface area contributed by atoms with Gasteiger partial charge >= 0.3 is 0 Å². The lowest BCUT2D eigenvalue weighted by atomic mass is 10.1. The van der Waals surface area contributed by atoms with Crippen molar-refractivity contribution in [3.63, 3.8) is 0 Å². The van der Waals surface area contributed by atoms with Crippen LogP contribution in [0.25, 0.3) is 0 Å². The van der Waals surface area contributed by atoms with Gasteiger partial charge in [-0.15, -0.1) is 0 Å². The van der Waals surface area contributed by atoms with E-state index in [1.165, 1.54) is 0 Å². The van der Waals surface area contributed by atoms with Crippen LogP contribution in [0.5, 0.6) is 5.75 Å². The highest BCUT2D eigenvalue weighted by Crippen LogP contribution is 2.23. The zero-order valence-electron chi connectivity index (χ0n) is 9.71. The topological polar surface area (TPSA) is 47.3 Å². The van der Waals surface area contributed by atoms with E-state index < -0.39 is 0 Å². The molecule has 0 saturated carbocycles. The van der Waals surface area contributed by atoms with E-state index in [0.29, 0.717) is 6.04 Å². The van der Waals surface area contributed by atoms with Crippen molar-refractivity contribution in [3.05, 3.63) is 18.2 Å². The molecule has 0 spiro atoms. The SMILES string of the molecule is CCC(CC)Nc1cc(N)cc(OC)c1. The monoisotopic (exact) mass is 208 g/mol. The summed E-state index contributed by atoms with van der Waals surface area (Å²) in [6.45, 7) is 4.34. The first-order valence-corrected chi connectivity index (χ1v) is 5.40. The van der Waals surface area contributed by atoms with Gasteiger partial charge in [0.15, 0.2) is 0 Å². The summed E-state index contributed by atoms with van der Waals surface area (Å²) < 4.78 is 5.16. The van der Waals surface area contributed by atoms with Gasteiger partial charge in [-0.3, -0.25) is 0 Å². The Bertz CT molecular complexity index is 308. The maximum Gasteiger partial charge on any atom is 0.122 e. The van der Waals surface area contributed by atoms with E-state index in [4.69, 9.17) is 10.5 Å². The molecular formula is C12H20N2O. The van der Waals surface area contributed by atoms with Crippen LogP contribution in [-0.2, 0) is 0 Å². The molecule has 0 bridgehead atoms. The molecule has 0 aliphatic heterocycles. The molecule has 0 unspecified atom stereocenters. The number of rotatable bonds is 5. The molecule has 0 fully saturated rings. The van der Waals surface area contributed by atoms with Crippen LogP contribution in [0.2, 0.25) is 0 Å². The molecule has 3 N–H and O–H groups in total. The van der Waals surface area contributed by atoms with E-state index in [1.54, 1.807) is 7.11 Å². The highest BCUT2D eigenvalue weighted by atomic mass is 16.5. The molecule has 1 aromatic carbocycles. The van der Waals surface area contributed by atoms with E-state index in [9.17, 15) is 0 Å². The average molecular weight is 208 g/mol. The summed E-state index contributed by atoms with van der Waals surface area (Å²) in [5.74, 6) is 0.795. The first-order chi connectivity index (χ1) is 7.19. The molecule has 0 saturated heterocycles. The number of nitrogen functional groups attached to an aromatic ring is 1. The standard InChI is InChI=1S/C12H20N2O/c1-4-10(5-2)14-11-6-9(13)7-12(8-11)15-3/h6-8,10,14H,4-5,13H2,1-3H3. The largest absolute Gasteiger partial charge is 0.497 e. The molecule has 0 amide bonds. The third-order valence-corrected chi connectivity index (χ3v) is 2.52. The second kappa shape index (κ2) is 5.49. The number of hydrogen-bond acceptors (Lipinski definition) is 3. The third-order valence-electron chi connectivity index (χ3n) is 2.52. The minimum atomic E-state index is 0.497. The van der Waals surface area contributed by atoms with Gasteiger partial charge in [-0.1, -0.05) is 13.8 Å². The second-order valence-corrected chi connectivity index (χ2v) is 3.65. The van der Waals surface area contributed by atoms with Crippen LogP contribution in [-0.4, -0.2) is 13.2 Å². The summed E-state index contributed by atoms with van der Waals surface area (Å²) in [5.41, 5.74) is 7.53. The Morgan fingerprint density at radius 1 is 1.27 bits per heavy atom. The summed E-state index contributed by atoms with van der Waals surface area (Å²) in [5, 5.41) is 3.43. The van der Waals surface area contributed by atoms with Crippen molar-refractivity contribution in [3.8, 4) is 5.75 Å². The number of hydrogen-bond donors (Lipinski definition) is 2. The molecule has 1 aromatic rings. The minimum absolute atomic E-state index is 0.497. The zero-order valence-corrected chi connectivity index (χ0v) is 9.71. The highest BCUT2D eigenvalue weighted by molar-refractivity contribution is 5.59. The highest BCUT2D eigenvalue weighted by Gasteiger charge is 2.04. The Morgan fingerprint density at radius 3 is 2.47 bits per heavy atom. The van der Waals surface area contributed by atoms with Gasteiger partial charge in [0.1, 0.15) is 5.75 Å². The van der Waals surface area contributed by atoms with Crippen LogP contribution in [0, 0.1) is 0 Å². The first-order valence-electron chi connectivity index (χ1n) is 5.40. The molecule has 3 heteroatoms. The van der Waals surface area contributed by atoms with Crippen molar-refractivity contribution in [2.24, 2.45) is 0 Å². The van der Waals surface area contributed by atoms with Gasteiger partial charge in [0, 0.05) is 29.5 Å². The molecular weight excluding hydrogens is 188 g/mol. The number of benzene rings is 1. The fourth-order valence-electron chi connectivity index (χ4n) is 1.55. The van der Waals surface area contributed by atoms with E-state index >= 15 is 0 Å². The van der Waals surface area contributed by atoms with Crippen molar-refractivity contribution in [1.82, 2.24) is 0 Å². The van der Waals surface area contributed by atoms with Crippen LogP contribution in [0.15, 0.2) is 18.2 Å². The number of anilines is 2. The molecule has 3 nitrogen and oxygen atoms in total. The number of nitrogens with one attached hydrogen (secondary N) is 1. The van der Waals surface area contributed by atoms with Crippen LogP contribution >= 0.6 is 0 Å². The summed E-state index contributed by atoms with van der Waals surface area (Å²) in [4.78, 5) is 0. The Hall–Kier alpha value is -1.38. The average Bonchev–Trinajstić information content (AvgIpc) is 2.25. The Morgan fingerprint density at radius 2 is 1.93 bits per heavy atom. The van der Waals surface area contributed by atoms with Crippen molar-refractivity contribution < 1.29 is 4.74 Å². The summed E-state index contributed by atoms with van der Waals surface area (Å²) in [6.07, 6.45) is 2.21. The third kappa shape index (κ3) is 3.35. The van der Waals surface area contributed by atoms with Gasteiger partial charge in [0.05, 0.1) is 7.11 Å². The predicted molar refractivity (Wildman–Crippen MR) is 65.4 cm³/mol. The van der Waals surface area contributed by atoms with Crippen LogP contribution in [0.1, 0.15) is 26.7 Å². The van der Waals surface area contributed by atoms with Crippen molar-refractivity contribution >= 4 is 11.4 Å². The molecule has 0 radical (unpaired) electrons. The van der Waals surface area contributed by atoms with Crippen LogP contribution in [0.4, 0.5) is 11.4 Å². The number of ether oxygens (including phenoxy) is 1. The number of methoxy groups -OCH3 is 1. The molecule has 1 rings (SSSR count). The lowest BCUT2D eigenvalue weighted by Gasteiger charge is -2.17. The van der Waals surface area contributed by atoms with E-state index in [0.717, 1.165) is 30.0 Å². The summed E-state index contributed by atoms with van der Waals surface area (Å²) in [6, 6.07) is 6.21. The van der Waals surface area contributed by atoms with Crippen LogP contribution < -0.4 is 15.8 Å². The molecule has 0 heterocycles. The zero-order chi connectivity index (χ0) is 11.3. The van der Waals surface area contributed by atoms with Gasteiger partial charge < -0.3 is 15.8 Å². The van der Waals surface area contributed by atoms with Gasteiger partial charge in [0.2, 0.25) is 0 Å². The Balaban J connectivity index is 2.79. The summed E-state index contributed by atoms with van der Waals surface area (Å²) in [7, 11) is 1.65. The molecule has 0 atom stereocenters. The Labute approximate surface area is 91.6 Å². The molecule has 84 valence electrons. The lowest BCUT2D eigenvalue weighted by Crippen LogP contribution is -2.17. The van der Waals surface area contributed by atoms with Gasteiger partial charge in [-0.05, 0) is 18.9 Å². The molecule has 0 aliphatic carbocycles. The molecule has 15 heavy (non-hydrogen) atoms. The first kappa shape index (κ1) is 11.7. The fourth-order valence-corrected chi connectivity index (χ4v) is 1.55. The maximum atomic E-state index is 5.77. The number of nitrogens with two attached hydrogens (primary N) is 1. The molecule has 0 aliphatic rings. The smallest absolute Gasteiger partial charge is 0.122 e. The van der Waals surface area contributed by atoms with Gasteiger partial charge in [-0.2, -0.15) is 0 Å². The van der Waals surface area contributed by atoms with Crippen molar-refractivity contribution in [2.75, 3.05) is 18.2 Å². The van der Waals surface area contributed by atoms with E-state index in [-0.39, 0.29) is 0 Å². The fraction of sp³-hybridized carbons (Fsp3) is 0.500. The van der Waals surface area contributed by atoms with E-state index in [1.807, 2.05) is 18.2 Å². The minimum Gasteiger partial charge on any atom is -0.497 e. The van der Waals surface area contributed by atoms with Crippen LogP contribution in [0.3, 0.4) is 0 Å². The summed E-state index contributed by atoms with van der Waals surface area (Å²) >= 11 is 0. The maximum absolute atomic E-state index is 5.77. The van der Waals surface area contributed by atoms with Gasteiger partial charge in [0.25, 0.3) is 0 Å². The van der Waals surface area contributed by atoms with Crippen molar-refractivity contribution in [2.45, 2.75) is 32.7 Å². The predicted octanol–water partition coefficient (Wildman–Crippen LogP) is 2.88. The van der Waals surface area contributed by atoms with E-state index in [2.05, 4.69) is 19.2 Å².